The minimum absolute atomic E-state index is 0.0288. The lowest BCUT2D eigenvalue weighted by molar-refractivity contribution is 0.318. The van der Waals surface area contributed by atoms with Crippen molar-refractivity contribution in [3.05, 3.63) is 46.9 Å². The van der Waals surface area contributed by atoms with Crippen molar-refractivity contribution < 1.29 is 9.62 Å². The number of hydrogen-bond donors (Lipinski definition) is 2. The summed E-state index contributed by atoms with van der Waals surface area (Å²) in [5.41, 5.74) is 6.23. The van der Waals surface area contributed by atoms with Crippen LogP contribution >= 0.6 is 23.4 Å². The molecule has 0 atom stereocenters. The third-order valence-electron chi connectivity index (χ3n) is 2.36. The van der Waals surface area contributed by atoms with Gasteiger partial charge in [0.2, 0.25) is 0 Å². The van der Waals surface area contributed by atoms with Gasteiger partial charge in [-0.2, -0.15) is 0 Å². The summed E-state index contributed by atoms with van der Waals surface area (Å²) in [5.74, 6) is 0.849. The highest BCUT2D eigenvalue weighted by molar-refractivity contribution is 7.99. The van der Waals surface area contributed by atoms with E-state index in [-0.39, 0.29) is 5.84 Å². The maximum absolute atomic E-state index is 8.78. The lowest BCUT2D eigenvalue weighted by Gasteiger charge is -2.07. The van der Waals surface area contributed by atoms with Gasteiger partial charge in [0, 0.05) is 15.5 Å². The molecule has 0 spiro atoms. The van der Waals surface area contributed by atoms with Crippen LogP contribution in [0, 0.1) is 6.92 Å². The molecule has 0 saturated carbocycles. The van der Waals surface area contributed by atoms with Gasteiger partial charge in [0.1, 0.15) is 5.76 Å². The first-order valence-corrected chi connectivity index (χ1v) is 6.30. The van der Waals surface area contributed by atoms with Crippen molar-refractivity contribution >= 4 is 29.2 Å². The number of hydrogen-bond acceptors (Lipinski definition) is 4. The number of nitrogens with two attached hydrogens (primary N) is 1. The van der Waals surface area contributed by atoms with Gasteiger partial charge in [0.15, 0.2) is 5.84 Å². The number of benzene rings is 1. The fraction of sp³-hybridized carbons (Fsp3) is 0.0833. The molecular weight excluding hydrogens is 272 g/mol. The van der Waals surface area contributed by atoms with Gasteiger partial charge in [0.25, 0.3) is 0 Å². The summed E-state index contributed by atoms with van der Waals surface area (Å²) in [6, 6.07) is 7.11. The quantitative estimate of drug-likeness (QED) is 0.391. The number of oxime groups is 1. The molecular formula is C12H11ClN2O2S. The van der Waals surface area contributed by atoms with Crippen LogP contribution in [0.25, 0.3) is 0 Å². The van der Waals surface area contributed by atoms with Crippen molar-refractivity contribution in [2.75, 3.05) is 0 Å². The highest BCUT2D eigenvalue weighted by atomic mass is 35.5. The minimum Gasteiger partial charge on any atom is -0.468 e. The molecule has 2 aromatic rings. The first-order valence-electron chi connectivity index (χ1n) is 5.11. The van der Waals surface area contributed by atoms with Crippen LogP contribution in [0.15, 0.2) is 49.9 Å². The summed E-state index contributed by atoms with van der Waals surface area (Å²) in [6.45, 7) is 1.88. The third kappa shape index (κ3) is 2.63. The predicted molar refractivity (Wildman–Crippen MR) is 71.5 cm³/mol. The van der Waals surface area contributed by atoms with Crippen molar-refractivity contribution in [3.8, 4) is 0 Å². The van der Waals surface area contributed by atoms with E-state index >= 15 is 0 Å². The van der Waals surface area contributed by atoms with E-state index in [1.165, 1.54) is 11.8 Å². The Morgan fingerprint density at radius 2 is 2.17 bits per heavy atom. The number of halogens is 1. The highest BCUT2D eigenvalue weighted by Crippen LogP contribution is 2.34. The smallest absolute Gasteiger partial charge is 0.171 e. The molecule has 0 fully saturated rings. The zero-order chi connectivity index (χ0) is 13.1. The zero-order valence-electron chi connectivity index (χ0n) is 9.55. The largest absolute Gasteiger partial charge is 0.468 e. The molecule has 0 aliphatic carbocycles. The maximum Gasteiger partial charge on any atom is 0.171 e. The number of aryl methyl sites for hydroxylation is 1. The number of amidine groups is 1. The van der Waals surface area contributed by atoms with Crippen LogP contribution in [0.2, 0.25) is 5.02 Å². The monoisotopic (exact) mass is 282 g/mol. The molecule has 0 bridgehead atoms. The van der Waals surface area contributed by atoms with Gasteiger partial charge in [-0.25, -0.2) is 0 Å². The Kier molecular flexibility index (Phi) is 3.84. The van der Waals surface area contributed by atoms with E-state index < -0.39 is 0 Å². The van der Waals surface area contributed by atoms with Gasteiger partial charge >= 0.3 is 0 Å². The van der Waals surface area contributed by atoms with Crippen molar-refractivity contribution in [1.29, 1.82) is 0 Å². The summed E-state index contributed by atoms with van der Waals surface area (Å²) in [6.07, 6.45) is 1.62. The normalized spacial score (nSPS) is 11.8. The first kappa shape index (κ1) is 12.9. The van der Waals surface area contributed by atoms with Gasteiger partial charge in [-0.15, -0.1) is 0 Å². The lowest BCUT2D eigenvalue weighted by atomic mass is 10.2. The predicted octanol–water partition coefficient (Wildman–Crippen LogP) is 3.49. The zero-order valence-corrected chi connectivity index (χ0v) is 11.1. The van der Waals surface area contributed by atoms with Gasteiger partial charge in [-0.3, -0.25) is 0 Å². The second-order valence-corrected chi connectivity index (χ2v) is 5.09. The fourth-order valence-electron chi connectivity index (χ4n) is 1.44. The molecule has 0 unspecified atom stereocenters. The summed E-state index contributed by atoms with van der Waals surface area (Å²) in [5, 5.41) is 12.3. The molecule has 4 nitrogen and oxygen atoms in total. The summed E-state index contributed by atoms with van der Waals surface area (Å²) >= 11 is 7.39. The average molecular weight is 283 g/mol. The third-order valence-corrected chi connectivity index (χ3v) is 3.81. The molecule has 0 saturated heterocycles. The summed E-state index contributed by atoms with van der Waals surface area (Å²) in [4.78, 5) is 1.82. The topological polar surface area (TPSA) is 71.8 Å². The second kappa shape index (κ2) is 5.37. The SMILES string of the molecule is Cc1occc1Sc1ccc(Cl)cc1/C(N)=N/O. The Hall–Kier alpha value is -1.59. The van der Waals surface area contributed by atoms with E-state index in [1.807, 2.05) is 19.1 Å². The number of nitrogens with zero attached hydrogens (tertiary/aromatic N) is 1. The van der Waals surface area contributed by atoms with E-state index in [0.29, 0.717) is 10.6 Å². The Labute approximate surface area is 113 Å². The molecule has 2 rings (SSSR count). The summed E-state index contributed by atoms with van der Waals surface area (Å²) in [7, 11) is 0. The van der Waals surface area contributed by atoms with Crippen LogP contribution in [0.1, 0.15) is 11.3 Å². The maximum atomic E-state index is 8.78. The minimum atomic E-state index is 0.0288. The molecule has 0 amide bonds. The van der Waals surface area contributed by atoms with Crippen LogP contribution in [0.4, 0.5) is 0 Å². The lowest BCUT2D eigenvalue weighted by Crippen LogP contribution is -2.14. The van der Waals surface area contributed by atoms with Crippen LogP contribution in [0.5, 0.6) is 0 Å². The molecule has 1 heterocycles. The van der Waals surface area contributed by atoms with E-state index in [1.54, 1.807) is 18.4 Å². The molecule has 3 N–H and O–H groups in total. The molecule has 1 aromatic carbocycles. The highest BCUT2D eigenvalue weighted by Gasteiger charge is 2.11. The number of rotatable bonds is 3. The Morgan fingerprint density at radius 1 is 1.39 bits per heavy atom. The van der Waals surface area contributed by atoms with Crippen molar-refractivity contribution in [2.45, 2.75) is 16.7 Å². The van der Waals surface area contributed by atoms with Crippen LogP contribution in [0.3, 0.4) is 0 Å². The van der Waals surface area contributed by atoms with Crippen molar-refractivity contribution in [1.82, 2.24) is 0 Å². The number of furan rings is 1. The van der Waals surface area contributed by atoms with Crippen molar-refractivity contribution in [2.24, 2.45) is 10.9 Å². The van der Waals surface area contributed by atoms with Gasteiger partial charge in [-0.05, 0) is 31.2 Å². The molecule has 0 aliphatic rings. The first-order chi connectivity index (χ1) is 8.61. The average Bonchev–Trinajstić information content (AvgIpc) is 2.76. The van der Waals surface area contributed by atoms with E-state index in [4.69, 9.17) is 27.0 Å². The standard InChI is InChI=1S/C12H11ClN2O2S/c1-7-10(4-5-17-7)18-11-3-2-8(13)6-9(11)12(14)15-16/h2-6,16H,1H3,(H2,14,15). The van der Waals surface area contributed by atoms with Crippen LogP contribution in [-0.4, -0.2) is 11.0 Å². The second-order valence-electron chi connectivity index (χ2n) is 3.57. The summed E-state index contributed by atoms with van der Waals surface area (Å²) < 4.78 is 5.23. The fourth-order valence-corrected chi connectivity index (χ4v) is 2.58. The van der Waals surface area contributed by atoms with E-state index in [2.05, 4.69) is 5.16 Å². The molecule has 1 aromatic heterocycles. The Bertz CT molecular complexity index is 596. The molecule has 94 valence electrons. The van der Waals surface area contributed by atoms with Crippen LogP contribution in [-0.2, 0) is 0 Å². The van der Waals surface area contributed by atoms with E-state index in [9.17, 15) is 0 Å². The Balaban J connectivity index is 2.42. The molecule has 0 radical (unpaired) electrons. The van der Waals surface area contributed by atoms with Crippen LogP contribution < -0.4 is 5.73 Å². The van der Waals surface area contributed by atoms with E-state index in [0.717, 1.165) is 15.6 Å². The van der Waals surface area contributed by atoms with Gasteiger partial charge in [0.05, 0.1) is 11.2 Å². The van der Waals surface area contributed by atoms with Gasteiger partial charge < -0.3 is 15.4 Å². The van der Waals surface area contributed by atoms with Gasteiger partial charge in [-0.1, -0.05) is 28.5 Å². The molecule has 0 aliphatic heterocycles. The molecule has 18 heavy (non-hydrogen) atoms. The Morgan fingerprint density at radius 3 is 2.78 bits per heavy atom. The van der Waals surface area contributed by atoms with Crippen molar-refractivity contribution in [3.63, 3.8) is 0 Å². The molecule has 6 heteroatoms.